The Morgan fingerprint density at radius 2 is 2.24 bits per heavy atom. The largest absolute Gasteiger partial charge is 0.459 e. The predicted octanol–water partition coefficient (Wildman–Crippen LogP) is 1.52. The van der Waals surface area contributed by atoms with Crippen LogP contribution in [0.25, 0.3) is 0 Å². The van der Waals surface area contributed by atoms with Crippen molar-refractivity contribution in [3.05, 3.63) is 41.9 Å². The van der Waals surface area contributed by atoms with Crippen molar-refractivity contribution in [3.63, 3.8) is 0 Å². The Morgan fingerprint density at radius 3 is 2.97 bits per heavy atom. The molecule has 2 aromatic heterocycles. The Kier molecular flexibility index (Phi) is 5.96. The first-order valence-electron chi connectivity index (χ1n) is 10.0. The van der Waals surface area contributed by atoms with Crippen molar-refractivity contribution >= 4 is 23.6 Å². The SMILES string of the molecule is CSCCC(NC(=O)c1ccco1)C(=O)N1CCC2(CC1)NCCc1[nH]cnc12. The van der Waals surface area contributed by atoms with Crippen LogP contribution in [0, 0.1) is 0 Å². The molecule has 0 radical (unpaired) electrons. The number of hydrogen-bond donors (Lipinski definition) is 3. The first-order chi connectivity index (χ1) is 14.1. The van der Waals surface area contributed by atoms with Gasteiger partial charge in [-0.1, -0.05) is 0 Å². The molecule has 2 aliphatic rings. The third kappa shape index (κ3) is 4.06. The standard InChI is InChI=1S/C20H27N5O3S/c1-29-12-5-15(24-18(26)16-3-2-11-28-16)19(27)25-9-6-20(7-10-25)17-14(4-8-23-20)21-13-22-17/h2-3,11,13,15,23H,4-10,12H2,1H3,(H,21,22)(H,24,26). The van der Waals surface area contributed by atoms with Crippen LogP contribution in [0.5, 0.6) is 0 Å². The van der Waals surface area contributed by atoms with Crippen molar-refractivity contribution in [2.24, 2.45) is 0 Å². The average molecular weight is 418 g/mol. The Bertz CT molecular complexity index is 842. The van der Waals surface area contributed by atoms with E-state index in [0.717, 1.165) is 37.3 Å². The molecule has 4 heterocycles. The maximum absolute atomic E-state index is 13.2. The number of aromatic nitrogens is 2. The van der Waals surface area contributed by atoms with Gasteiger partial charge in [-0.3, -0.25) is 9.59 Å². The number of carbonyl (C=O) groups excluding carboxylic acids is 2. The fourth-order valence-corrected chi connectivity index (χ4v) is 4.78. The summed E-state index contributed by atoms with van der Waals surface area (Å²) in [5.41, 5.74) is 2.14. The summed E-state index contributed by atoms with van der Waals surface area (Å²) in [6.45, 7) is 2.20. The van der Waals surface area contributed by atoms with Gasteiger partial charge in [-0.2, -0.15) is 11.8 Å². The molecule has 0 saturated carbocycles. The minimum absolute atomic E-state index is 0.0214. The minimum atomic E-state index is -0.547. The molecule has 29 heavy (non-hydrogen) atoms. The zero-order valence-corrected chi connectivity index (χ0v) is 17.4. The van der Waals surface area contributed by atoms with Crippen LogP contribution in [-0.4, -0.2) is 64.4 Å². The normalized spacial score (nSPS) is 19.0. The lowest BCUT2D eigenvalue weighted by Crippen LogP contribution is -2.57. The van der Waals surface area contributed by atoms with E-state index in [-0.39, 0.29) is 23.1 Å². The molecule has 1 spiro atoms. The number of likely N-dealkylation sites (tertiary alicyclic amines) is 1. The number of amides is 2. The van der Waals surface area contributed by atoms with Crippen LogP contribution in [-0.2, 0) is 16.8 Å². The van der Waals surface area contributed by atoms with Gasteiger partial charge >= 0.3 is 0 Å². The molecule has 2 amide bonds. The van der Waals surface area contributed by atoms with Crippen LogP contribution in [0.3, 0.4) is 0 Å². The molecular weight excluding hydrogens is 390 g/mol. The first-order valence-corrected chi connectivity index (χ1v) is 11.4. The summed E-state index contributed by atoms with van der Waals surface area (Å²) in [6.07, 6.45) is 8.40. The second-order valence-electron chi connectivity index (χ2n) is 7.60. The van der Waals surface area contributed by atoms with Crippen molar-refractivity contribution < 1.29 is 14.0 Å². The Hall–Kier alpha value is -2.26. The van der Waals surface area contributed by atoms with Crippen molar-refractivity contribution in [2.75, 3.05) is 31.6 Å². The van der Waals surface area contributed by atoms with Gasteiger partial charge in [0.2, 0.25) is 5.91 Å². The lowest BCUT2D eigenvalue weighted by molar-refractivity contribution is -0.135. The number of H-pyrrole nitrogens is 1. The van der Waals surface area contributed by atoms with Gasteiger partial charge in [0.05, 0.1) is 23.8 Å². The summed E-state index contributed by atoms with van der Waals surface area (Å²) < 4.78 is 5.17. The number of nitrogens with one attached hydrogen (secondary N) is 3. The molecule has 1 fully saturated rings. The van der Waals surface area contributed by atoms with E-state index in [9.17, 15) is 9.59 Å². The molecule has 8 nitrogen and oxygen atoms in total. The van der Waals surface area contributed by atoms with E-state index in [1.807, 2.05) is 11.2 Å². The van der Waals surface area contributed by atoms with Crippen LogP contribution in [0.1, 0.15) is 41.2 Å². The van der Waals surface area contributed by atoms with Crippen LogP contribution in [0.2, 0.25) is 0 Å². The van der Waals surface area contributed by atoms with Crippen LogP contribution in [0.4, 0.5) is 0 Å². The molecule has 1 atom stereocenters. The number of nitrogens with zero attached hydrogens (tertiary/aromatic N) is 2. The van der Waals surface area contributed by atoms with Gasteiger partial charge in [0, 0.05) is 31.7 Å². The van der Waals surface area contributed by atoms with Crippen molar-refractivity contribution in [1.29, 1.82) is 0 Å². The highest BCUT2D eigenvalue weighted by Gasteiger charge is 2.42. The van der Waals surface area contributed by atoms with E-state index < -0.39 is 6.04 Å². The molecule has 1 saturated heterocycles. The van der Waals surface area contributed by atoms with Gasteiger partial charge in [0.1, 0.15) is 6.04 Å². The lowest BCUT2D eigenvalue weighted by Gasteiger charge is -2.44. The second kappa shape index (κ2) is 8.62. The van der Waals surface area contributed by atoms with E-state index in [2.05, 4.69) is 20.6 Å². The second-order valence-corrected chi connectivity index (χ2v) is 8.58. The number of imidazole rings is 1. The number of furan rings is 1. The zero-order chi connectivity index (χ0) is 20.3. The molecule has 0 aliphatic carbocycles. The molecule has 0 bridgehead atoms. The molecular formula is C20H27N5O3S. The third-order valence-corrected chi connectivity index (χ3v) is 6.54. The summed E-state index contributed by atoms with van der Waals surface area (Å²) in [4.78, 5) is 35.3. The lowest BCUT2D eigenvalue weighted by atomic mass is 9.80. The molecule has 3 N–H and O–H groups in total. The highest BCUT2D eigenvalue weighted by molar-refractivity contribution is 7.98. The van der Waals surface area contributed by atoms with Crippen molar-refractivity contribution in [2.45, 2.75) is 37.3 Å². The number of thioether (sulfide) groups is 1. The molecule has 0 aromatic carbocycles. The summed E-state index contributed by atoms with van der Waals surface area (Å²) >= 11 is 1.66. The molecule has 2 aliphatic heterocycles. The molecule has 1 unspecified atom stereocenters. The van der Waals surface area contributed by atoms with E-state index >= 15 is 0 Å². The van der Waals surface area contributed by atoms with Crippen LogP contribution >= 0.6 is 11.8 Å². The maximum Gasteiger partial charge on any atom is 0.287 e. The Balaban J connectivity index is 1.42. The summed E-state index contributed by atoms with van der Waals surface area (Å²) in [7, 11) is 0. The number of carbonyl (C=O) groups is 2. The predicted molar refractivity (Wildman–Crippen MR) is 111 cm³/mol. The Labute approximate surface area is 174 Å². The van der Waals surface area contributed by atoms with Gasteiger partial charge in [0.25, 0.3) is 5.91 Å². The summed E-state index contributed by atoms with van der Waals surface area (Å²) in [5, 5.41) is 6.51. The fourth-order valence-electron chi connectivity index (χ4n) is 4.31. The third-order valence-electron chi connectivity index (χ3n) is 5.90. The number of hydrogen-bond acceptors (Lipinski definition) is 6. The minimum Gasteiger partial charge on any atom is -0.459 e. The van der Waals surface area contributed by atoms with E-state index in [4.69, 9.17) is 4.42 Å². The molecule has 156 valence electrons. The van der Waals surface area contributed by atoms with Gasteiger partial charge < -0.3 is 24.9 Å². The number of piperidine rings is 1. The van der Waals surface area contributed by atoms with Gasteiger partial charge in [-0.05, 0) is 43.4 Å². The number of aromatic amines is 1. The summed E-state index contributed by atoms with van der Waals surface area (Å²) in [5.74, 6) is 0.650. The number of rotatable bonds is 6. The highest BCUT2D eigenvalue weighted by Crippen LogP contribution is 2.36. The monoisotopic (exact) mass is 417 g/mol. The topological polar surface area (TPSA) is 103 Å². The molecule has 2 aromatic rings. The molecule has 9 heteroatoms. The van der Waals surface area contributed by atoms with Crippen LogP contribution < -0.4 is 10.6 Å². The highest BCUT2D eigenvalue weighted by atomic mass is 32.2. The number of fused-ring (bicyclic) bond motifs is 2. The Morgan fingerprint density at radius 1 is 1.41 bits per heavy atom. The van der Waals surface area contributed by atoms with E-state index in [1.165, 1.54) is 12.0 Å². The summed E-state index contributed by atoms with van der Waals surface area (Å²) in [6, 6.07) is 2.72. The zero-order valence-electron chi connectivity index (χ0n) is 16.6. The van der Waals surface area contributed by atoms with Gasteiger partial charge in [-0.15, -0.1) is 0 Å². The maximum atomic E-state index is 13.2. The van der Waals surface area contributed by atoms with E-state index in [0.29, 0.717) is 19.5 Å². The van der Waals surface area contributed by atoms with Crippen LogP contribution in [0.15, 0.2) is 29.1 Å². The fraction of sp³-hybridized carbons (Fsp3) is 0.550. The first kappa shape index (κ1) is 20.0. The quantitative estimate of drug-likeness (QED) is 0.659. The average Bonchev–Trinajstić information content (AvgIpc) is 3.44. The van der Waals surface area contributed by atoms with Crippen molar-refractivity contribution in [1.82, 2.24) is 25.5 Å². The van der Waals surface area contributed by atoms with E-state index in [1.54, 1.807) is 30.2 Å². The van der Waals surface area contributed by atoms with Gasteiger partial charge in [0.15, 0.2) is 5.76 Å². The smallest absolute Gasteiger partial charge is 0.287 e. The molecule has 4 rings (SSSR count). The van der Waals surface area contributed by atoms with Gasteiger partial charge in [-0.25, -0.2) is 4.98 Å². The van der Waals surface area contributed by atoms with Crippen molar-refractivity contribution in [3.8, 4) is 0 Å².